The van der Waals surface area contributed by atoms with Gasteiger partial charge in [0.25, 0.3) is 0 Å². The Morgan fingerprint density at radius 2 is 2.00 bits per heavy atom. The predicted molar refractivity (Wildman–Crippen MR) is 75.3 cm³/mol. The van der Waals surface area contributed by atoms with Crippen LogP contribution in [0.25, 0.3) is 0 Å². The highest BCUT2D eigenvalue weighted by Crippen LogP contribution is 2.42. The molecule has 5 heteroatoms. The Labute approximate surface area is 123 Å². The van der Waals surface area contributed by atoms with Gasteiger partial charge in [-0.05, 0) is 49.7 Å². The van der Waals surface area contributed by atoms with Crippen LogP contribution in [0.2, 0.25) is 0 Å². The number of carbonyl (C=O) groups is 1. The molecule has 5 nitrogen and oxygen atoms in total. The van der Waals surface area contributed by atoms with Crippen molar-refractivity contribution in [1.82, 2.24) is 4.90 Å². The molecule has 110 valence electrons. The molecule has 3 aliphatic rings. The fourth-order valence-electron chi connectivity index (χ4n) is 3.31. The van der Waals surface area contributed by atoms with Crippen molar-refractivity contribution in [3.63, 3.8) is 0 Å². The van der Waals surface area contributed by atoms with Gasteiger partial charge >= 0.3 is 5.97 Å². The third-order valence-corrected chi connectivity index (χ3v) is 4.45. The third-order valence-electron chi connectivity index (χ3n) is 4.45. The van der Waals surface area contributed by atoms with E-state index in [2.05, 4.69) is 18.0 Å². The Bertz CT molecular complexity index is 652. The highest BCUT2D eigenvalue weighted by molar-refractivity contribution is 5.90. The zero-order valence-electron chi connectivity index (χ0n) is 12.1. The van der Waals surface area contributed by atoms with Crippen molar-refractivity contribution < 1.29 is 19.0 Å². The lowest BCUT2D eigenvalue weighted by Gasteiger charge is -2.37. The Hall–Kier alpha value is -2.01. The first kappa shape index (κ1) is 12.7. The van der Waals surface area contributed by atoms with Crippen LogP contribution in [0.15, 0.2) is 23.8 Å². The summed E-state index contributed by atoms with van der Waals surface area (Å²) in [5.41, 5.74) is 3.09. The molecule has 3 aliphatic heterocycles. The number of nitrogens with zero attached hydrogens (tertiary/aromatic N) is 1. The number of likely N-dealkylation sites (N-methyl/N-ethyl adjacent to an activating group) is 1. The van der Waals surface area contributed by atoms with Gasteiger partial charge in [0.05, 0.1) is 6.04 Å². The van der Waals surface area contributed by atoms with Crippen LogP contribution in [0, 0.1) is 0 Å². The zero-order valence-corrected chi connectivity index (χ0v) is 12.1. The zero-order chi connectivity index (χ0) is 14.6. The predicted octanol–water partition coefficient (Wildman–Crippen LogP) is 1.82. The molecule has 0 N–H and O–H groups in total. The van der Waals surface area contributed by atoms with Crippen molar-refractivity contribution in [3.8, 4) is 11.5 Å². The molecular formula is C16H17NO4. The largest absolute Gasteiger partial charge is 0.454 e. The fourth-order valence-corrected chi connectivity index (χ4v) is 3.31. The topological polar surface area (TPSA) is 48.0 Å². The standard InChI is InChI=1S/C16H17NO4/c1-9-5-14(21-16(9)18)15-11-7-13-12(19-8-20-13)6-10(11)3-4-17(15)2/h5-7,14-15H,3-4,8H2,1-2H3/t14?,15-/m1/s1. The molecule has 21 heavy (non-hydrogen) atoms. The lowest BCUT2D eigenvalue weighted by molar-refractivity contribution is -0.142. The lowest BCUT2D eigenvalue weighted by atomic mass is 9.89. The van der Waals surface area contributed by atoms with Crippen molar-refractivity contribution >= 4 is 5.97 Å². The van der Waals surface area contributed by atoms with E-state index >= 15 is 0 Å². The molecule has 3 heterocycles. The molecule has 4 rings (SSSR count). The summed E-state index contributed by atoms with van der Waals surface area (Å²) in [4.78, 5) is 13.9. The summed E-state index contributed by atoms with van der Waals surface area (Å²) in [5, 5.41) is 0. The molecule has 0 fully saturated rings. The first-order valence-corrected chi connectivity index (χ1v) is 7.15. The molecule has 0 spiro atoms. The number of rotatable bonds is 1. The molecule has 1 aromatic rings. The van der Waals surface area contributed by atoms with E-state index < -0.39 is 0 Å². The molecule has 2 atom stereocenters. The van der Waals surface area contributed by atoms with Gasteiger partial charge in [-0.25, -0.2) is 4.79 Å². The van der Waals surface area contributed by atoms with Gasteiger partial charge in [-0.2, -0.15) is 0 Å². The van der Waals surface area contributed by atoms with Gasteiger partial charge < -0.3 is 14.2 Å². The molecule has 0 aliphatic carbocycles. The highest BCUT2D eigenvalue weighted by atomic mass is 16.7. The van der Waals surface area contributed by atoms with E-state index in [1.165, 1.54) is 5.56 Å². The monoisotopic (exact) mass is 287 g/mol. The van der Waals surface area contributed by atoms with E-state index in [0.29, 0.717) is 5.57 Å². The minimum Gasteiger partial charge on any atom is -0.454 e. The number of cyclic esters (lactones) is 1. The van der Waals surface area contributed by atoms with E-state index in [-0.39, 0.29) is 24.9 Å². The van der Waals surface area contributed by atoms with Gasteiger partial charge in [0, 0.05) is 12.1 Å². The fraction of sp³-hybridized carbons (Fsp3) is 0.438. The molecule has 1 unspecified atom stereocenters. The van der Waals surface area contributed by atoms with E-state index in [4.69, 9.17) is 14.2 Å². The van der Waals surface area contributed by atoms with Gasteiger partial charge in [-0.1, -0.05) is 0 Å². The van der Waals surface area contributed by atoms with Crippen LogP contribution in [0.1, 0.15) is 24.1 Å². The molecule has 0 radical (unpaired) electrons. The van der Waals surface area contributed by atoms with Crippen molar-refractivity contribution in [2.24, 2.45) is 0 Å². The summed E-state index contributed by atoms with van der Waals surface area (Å²) in [7, 11) is 2.06. The first-order chi connectivity index (χ1) is 10.1. The second-order valence-electron chi connectivity index (χ2n) is 5.80. The Morgan fingerprint density at radius 1 is 1.24 bits per heavy atom. The minimum atomic E-state index is -0.234. The maximum Gasteiger partial charge on any atom is 0.334 e. The van der Waals surface area contributed by atoms with Gasteiger partial charge in [0.15, 0.2) is 11.5 Å². The lowest BCUT2D eigenvalue weighted by Crippen LogP contribution is -2.39. The van der Waals surface area contributed by atoms with Crippen LogP contribution in [0.3, 0.4) is 0 Å². The van der Waals surface area contributed by atoms with Crippen LogP contribution >= 0.6 is 0 Å². The van der Waals surface area contributed by atoms with Crippen LogP contribution < -0.4 is 9.47 Å². The van der Waals surface area contributed by atoms with Crippen LogP contribution in [-0.4, -0.2) is 37.4 Å². The van der Waals surface area contributed by atoms with Gasteiger partial charge in [0.2, 0.25) is 6.79 Å². The van der Waals surface area contributed by atoms with E-state index in [0.717, 1.165) is 30.0 Å². The minimum absolute atomic E-state index is 0.0321. The van der Waals surface area contributed by atoms with Crippen molar-refractivity contribution in [3.05, 3.63) is 34.9 Å². The molecule has 1 aromatic carbocycles. The first-order valence-electron chi connectivity index (χ1n) is 7.15. The van der Waals surface area contributed by atoms with Crippen LogP contribution in [0.4, 0.5) is 0 Å². The van der Waals surface area contributed by atoms with Gasteiger partial charge in [0.1, 0.15) is 6.10 Å². The van der Waals surface area contributed by atoms with Crippen LogP contribution in [0.5, 0.6) is 11.5 Å². The van der Waals surface area contributed by atoms with E-state index in [1.54, 1.807) is 6.92 Å². The Morgan fingerprint density at radius 3 is 2.71 bits per heavy atom. The van der Waals surface area contributed by atoms with E-state index in [9.17, 15) is 4.79 Å². The summed E-state index contributed by atoms with van der Waals surface area (Å²) in [5.74, 6) is 1.37. The number of ether oxygens (including phenoxy) is 3. The maximum atomic E-state index is 11.7. The molecule has 0 bridgehead atoms. The smallest absolute Gasteiger partial charge is 0.334 e. The summed E-state index contributed by atoms with van der Waals surface area (Å²) in [6.45, 7) is 3.00. The highest BCUT2D eigenvalue weighted by Gasteiger charge is 2.37. The number of hydrogen-bond donors (Lipinski definition) is 0. The summed E-state index contributed by atoms with van der Waals surface area (Å²) < 4.78 is 16.5. The van der Waals surface area contributed by atoms with Gasteiger partial charge in [-0.3, -0.25) is 4.90 Å². The molecule has 0 aromatic heterocycles. The number of esters is 1. The molecule has 0 saturated heterocycles. The number of benzene rings is 1. The average molecular weight is 287 g/mol. The summed E-state index contributed by atoms with van der Waals surface area (Å²) >= 11 is 0. The second-order valence-corrected chi connectivity index (χ2v) is 5.80. The number of fused-ring (bicyclic) bond motifs is 2. The number of hydrogen-bond acceptors (Lipinski definition) is 5. The quantitative estimate of drug-likeness (QED) is 0.737. The van der Waals surface area contributed by atoms with E-state index in [1.807, 2.05) is 12.1 Å². The van der Waals surface area contributed by atoms with Gasteiger partial charge in [-0.15, -0.1) is 0 Å². The maximum absolute atomic E-state index is 11.7. The summed E-state index contributed by atoms with van der Waals surface area (Å²) in [6.07, 6.45) is 2.65. The Kier molecular flexibility index (Phi) is 2.72. The third kappa shape index (κ3) is 1.92. The molecule has 0 saturated carbocycles. The SMILES string of the molecule is CC1=CC([C@H]2c3cc4c(cc3CCN2C)OCO4)OC1=O. The molecular weight excluding hydrogens is 270 g/mol. The molecule has 0 amide bonds. The number of carbonyl (C=O) groups excluding carboxylic acids is 1. The normalized spacial score (nSPS) is 27.3. The summed E-state index contributed by atoms with van der Waals surface area (Å²) in [6, 6.07) is 4.13. The van der Waals surface area contributed by atoms with Crippen molar-refractivity contribution in [2.75, 3.05) is 20.4 Å². The van der Waals surface area contributed by atoms with Crippen LogP contribution in [-0.2, 0) is 16.0 Å². The average Bonchev–Trinajstić information content (AvgIpc) is 3.03. The van der Waals surface area contributed by atoms with Crippen molar-refractivity contribution in [1.29, 1.82) is 0 Å². The van der Waals surface area contributed by atoms with Crippen molar-refractivity contribution in [2.45, 2.75) is 25.5 Å². The second kappa shape index (κ2) is 4.49. The Balaban J connectivity index is 1.77.